The van der Waals surface area contributed by atoms with Gasteiger partial charge in [0.05, 0.1) is 11.6 Å². The van der Waals surface area contributed by atoms with Crippen LogP contribution in [0.2, 0.25) is 0 Å². The number of piperidine rings is 1. The van der Waals surface area contributed by atoms with Gasteiger partial charge in [-0.3, -0.25) is 19.1 Å². The highest BCUT2D eigenvalue weighted by molar-refractivity contribution is 9.10. The van der Waals surface area contributed by atoms with E-state index in [2.05, 4.69) is 41.3 Å². The Bertz CT molecular complexity index is 1740. The zero-order valence-electron chi connectivity index (χ0n) is 22.9. The number of Topliss-reactive ketones (excluding diaryl/α,β-unsaturated/α-hetero) is 1. The third-order valence-electron chi connectivity index (χ3n) is 8.19. The van der Waals surface area contributed by atoms with Crippen molar-refractivity contribution < 1.29 is 19.5 Å². The van der Waals surface area contributed by atoms with E-state index in [0.717, 1.165) is 16.7 Å². The highest BCUT2D eigenvalue weighted by Gasteiger charge is 2.70. The number of nitrogens with zero attached hydrogens (tertiary/aromatic N) is 6. The molecule has 0 radical (unpaired) electrons. The van der Waals surface area contributed by atoms with Gasteiger partial charge in [-0.05, 0) is 65.5 Å². The zero-order valence-corrected chi connectivity index (χ0v) is 24.5. The van der Waals surface area contributed by atoms with E-state index >= 15 is 0 Å². The average molecular weight is 618 g/mol. The van der Waals surface area contributed by atoms with Crippen molar-refractivity contribution >= 4 is 50.2 Å². The number of nitrogens with one attached hydrogen (secondary N) is 1. The van der Waals surface area contributed by atoms with Crippen molar-refractivity contribution in [2.24, 2.45) is 5.41 Å². The smallest absolute Gasteiger partial charge is 0.251 e. The fourth-order valence-electron chi connectivity index (χ4n) is 5.71. The molecule has 2 N–H and O–H groups in total. The molecule has 1 saturated heterocycles. The van der Waals surface area contributed by atoms with Crippen LogP contribution in [0.3, 0.4) is 0 Å². The average Bonchev–Trinajstić information content (AvgIpc) is 3.40. The number of hydrogen-bond acceptors (Lipinski definition) is 8. The van der Waals surface area contributed by atoms with Gasteiger partial charge >= 0.3 is 0 Å². The van der Waals surface area contributed by atoms with E-state index in [9.17, 15) is 19.5 Å². The number of fused-ring (bicyclic) bond motifs is 2. The molecule has 2 aliphatic rings. The molecule has 11 nitrogen and oxygen atoms in total. The number of hydrogen-bond donors (Lipinski definition) is 2. The van der Waals surface area contributed by atoms with Crippen LogP contribution in [0.5, 0.6) is 0 Å². The van der Waals surface area contributed by atoms with E-state index in [4.69, 9.17) is 0 Å². The second-order valence-corrected chi connectivity index (χ2v) is 11.8. The molecule has 3 aromatic heterocycles. The summed E-state index contributed by atoms with van der Waals surface area (Å²) in [5, 5.41) is 19.0. The molecular formula is C29H28BrN7O4. The van der Waals surface area contributed by atoms with Crippen LogP contribution in [0, 0.1) is 19.3 Å². The molecule has 0 bridgehead atoms. The van der Waals surface area contributed by atoms with Crippen LogP contribution in [-0.4, -0.2) is 70.5 Å². The van der Waals surface area contributed by atoms with Crippen molar-refractivity contribution in [3.8, 4) is 11.1 Å². The Labute approximate surface area is 244 Å². The maximum absolute atomic E-state index is 13.8. The summed E-state index contributed by atoms with van der Waals surface area (Å²) in [5.41, 5.74) is 2.63. The molecule has 2 amide bonds. The fraction of sp³-hybridized carbons (Fsp3) is 0.345. The molecule has 210 valence electrons. The summed E-state index contributed by atoms with van der Waals surface area (Å²) < 4.78 is 2.04. The molecule has 2 fully saturated rings. The van der Waals surface area contributed by atoms with Gasteiger partial charge in [0, 0.05) is 41.7 Å². The Balaban J connectivity index is 1.31. The number of aliphatic hydroxyl groups excluding tert-OH is 1. The second-order valence-electron chi connectivity index (χ2n) is 11.0. The number of aliphatic hydroxyl groups is 1. The number of aromatic nitrogens is 5. The molecule has 1 aromatic carbocycles. The Hall–Kier alpha value is -4.03. The third kappa shape index (κ3) is 4.60. The van der Waals surface area contributed by atoms with Crippen LogP contribution in [-0.2, 0) is 16.1 Å². The molecular weight excluding hydrogens is 590 g/mol. The normalized spacial score (nSPS) is 23.0. The van der Waals surface area contributed by atoms with Crippen LogP contribution in [0.4, 0.5) is 5.82 Å². The number of halogens is 1. The SMILES string of the molecule is CC(=O)c1nn(CC(=O)N2[C@H](C(=O)Nc3nc(Br)ccc3C)[C@H](O)[C@@]3(C)C[C@@H]23)c2ccc(-c3cnc(C)nc3)cc12. The summed E-state index contributed by atoms with van der Waals surface area (Å²) in [6, 6.07) is 7.73. The zero-order chi connectivity index (χ0) is 29.2. The van der Waals surface area contributed by atoms with Crippen LogP contribution in [0.15, 0.2) is 47.3 Å². The lowest BCUT2D eigenvalue weighted by Crippen LogP contribution is -2.51. The van der Waals surface area contributed by atoms with Crippen LogP contribution in [0.1, 0.15) is 42.1 Å². The molecule has 1 aliphatic heterocycles. The number of amides is 2. The third-order valence-corrected chi connectivity index (χ3v) is 8.63. The van der Waals surface area contributed by atoms with Gasteiger partial charge in [0.15, 0.2) is 5.78 Å². The highest BCUT2D eigenvalue weighted by atomic mass is 79.9. The highest BCUT2D eigenvalue weighted by Crippen LogP contribution is 2.59. The first-order valence-corrected chi connectivity index (χ1v) is 14.0. The summed E-state index contributed by atoms with van der Waals surface area (Å²) in [6.45, 7) is 6.73. The minimum atomic E-state index is -1.09. The van der Waals surface area contributed by atoms with Gasteiger partial charge in [0.25, 0.3) is 5.91 Å². The molecule has 12 heteroatoms. The van der Waals surface area contributed by atoms with Gasteiger partial charge in [-0.1, -0.05) is 19.1 Å². The molecule has 1 saturated carbocycles. The number of likely N-dealkylation sites (tertiary alicyclic amines) is 1. The Kier molecular flexibility index (Phi) is 6.50. The molecule has 0 spiro atoms. The minimum Gasteiger partial charge on any atom is -0.390 e. The predicted molar refractivity (Wildman–Crippen MR) is 154 cm³/mol. The number of aryl methyl sites for hydroxylation is 2. The number of pyridine rings is 1. The van der Waals surface area contributed by atoms with E-state index in [-0.39, 0.29) is 30.0 Å². The summed E-state index contributed by atoms with van der Waals surface area (Å²) in [6.07, 6.45) is 2.99. The van der Waals surface area contributed by atoms with Gasteiger partial charge in [-0.2, -0.15) is 5.10 Å². The molecule has 4 aromatic rings. The first-order valence-electron chi connectivity index (χ1n) is 13.2. The van der Waals surface area contributed by atoms with Gasteiger partial charge in [0.1, 0.15) is 34.5 Å². The van der Waals surface area contributed by atoms with E-state index in [1.807, 2.05) is 38.1 Å². The van der Waals surface area contributed by atoms with Crippen molar-refractivity contribution in [1.82, 2.24) is 29.6 Å². The van der Waals surface area contributed by atoms with Crippen molar-refractivity contribution in [3.05, 3.63) is 64.4 Å². The van der Waals surface area contributed by atoms with Crippen molar-refractivity contribution in [2.45, 2.75) is 58.8 Å². The number of carbonyl (C=O) groups is 3. The molecule has 0 unspecified atom stereocenters. The monoisotopic (exact) mass is 617 g/mol. The Morgan fingerprint density at radius 3 is 2.56 bits per heavy atom. The first kappa shape index (κ1) is 27.2. The number of anilines is 1. The molecule has 41 heavy (non-hydrogen) atoms. The van der Waals surface area contributed by atoms with Crippen LogP contribution in [0.25, 0.3) is 22.0 Å². The van der Waals surface area contributed by atoms with Gasteiger partial charge in [0.2, 0.25) is 5.91 Å². The lowest BCUT2D eigenvalue weighted by atomic mass is 9.97. The van der Waals surface area contributed by atoms with Crippen molar-refractivity contribution in [3.63, 3.8) is 0 Å². The van der Waals surface area contributed by atoms with Crippen molar-refractivity contribution in [2.75, 3.05) is 5.32 Å². The summed E-state index contributed by atoms with van der Waals surface area (Å²) in [7, 11) is 0. The van der Waals surface area contributed by atoms with Gasteiger partial charge < -0.3 is 15.3 Å². The maximum atomic E-state index is 13.8. The standard InChI is InChI=1S/C29H28BrN7O4/c1-14-5-8-22(30)33-27(14)34-28(41)25-26(40)29(4)10-21(29)37(25)23(39)13-36-20-7-6-17(18-11-31-16(3)32-12-18)9-19(20)24(35-36)15(2)38/h5-9,11-12,21,25-26,40H,10,13H2,1-4H3,(H,33,34,41)/t21-,25+,26+,29+/m1/s1. The van der Waals surface area contributed by atoms with E-state index in [1.165, 1.54) is 16.5 Å². The lowest BCUT2D eigenvalue weighted by molar-refractivity contribution is -0.141. The lowest BCUT2D eigenvalue weighted by Gasteiger charge is -2.29. The molecule has 1 aliphatic carbocycles. The maximum Gasteiger partial charge on any atom is 0.251 e. The predicted octanol–water partition coefficient (Wildman–Crippen LogP) is 3.46. The number of carbonyl (C=O) groups excluding carboxylic acids is 3. The Morgan fingerprint density at radius 1 is 1.12 bits per heavy atom. The molecule has 4 atom stereocenters. The summed E-state index contributed by atoms with van der Waals surface area (Å²) in [5.74, 6) is -0.107. The van der Waals surface area contributed by atoms with Crippen LogP contribution >= 0.6 is 15.9 Å². The van der Waals surface area contributed by atoms with Gasteiger partial charge in [-0.25, -0.2) is 15.0 Å². The van der Waals surface area contributed by atoms with E-state index < -0.39 is 23.5 Å². The molecule has 4 heterocycles. The van der Waals surface area contributed by atoms with Crippen LogP contribution < -0.4 is 5.32 Å². The number of benzene rings is 1. The Morgan fingerprint density at radius 2 is 1.85 bits per heavy atom. The fourth-order valence-corrected chi connectivity index (χ4v) is 6.02. The number of rotatable bonds is 6. The number of ketones is 1. The molecule has 6 rings (SSSR count). The first-order chi connectivity index (χ1) is 19.5. The largest absolute Gasteiger partial charge is 0.390 e. The van der Waals surface area contributed by atoms with E-state index in [1.54, 1.807) is 25.4 Å². The quantitative estimate of drug-likeness (QED) is 0.247. The summed E-state index contributed by atoms with van der Waals surface area (Å²) in [4.78, 5) is 54.1. The second kappa shape index (κ2) is 9.81. The minimum absolute atomic E-state index is 0.200. The van der Waals surface area contributed by atoms with Crippen molar-refractivity contribution in [1.29, 1.82) is 0 Å². The summed E-state index contributed by atoms with van der Waals surface area (Å²) >= 11 is 3.31. The van der Waals surface area contributed by atoms with E-state index in [0.29, 0.717) is 33.6 Å². The topological polar surface area (TPSA) is 143 Å². The van der Waals surface area contributed by atoms with Gasteiger partial charge in [-0.15, -0.1) is 0 Å².